The smallest absolute Gasteiger partial charge is 0.228 e. The van der Waals surface area contributed by atoms with Gasteiger partial charge < -0.3 is 10.4 Å². The van der Waals surface area contributed by atoms with Crippen LogP contribution in [0.4, 0.5) is 0 Å². The maximum atomic E-state index is 12.0. The molecule has 0 aliphatic heterocycles. The highest BCUT2D eigenvalue weighted by molar-refractivity contribution is 5.82. The van der Waals surface area contributed by atoms with Crippen molar-refractivity contribution in [2.45, 2.75) is 47.5 Å². The predicted molar refractivity (Wildman–Crippen MR) is 62.2 cm³/mol. The summed E-state index contributed by atoms with van der Waals surface area (Å²) in [4.78, 5) is 12.0. The summed E-state index contributed by atoms with van der Waals surface area (Å²) < 4.78 is 0. The molecule has 3 nitrogen and oxygen atoms in total. The normalized spacial score (nSPS) is 19.1. The second-order valence-corrected chi connectivity index (χ2v) is 4.57. The van der Waals surface area contributed by atoms with Crippen LogP contribution in [-0.4, -0.2) is 17.7 Å². The van der Waals surface area contributed by atoms with Gasteiger partial charge in [0.25, 0.3) is 0 Å². The number of aliphatic hydroxyl groups excluding tert-OH is 1. The fourth-order valence-corrected chi connectivity index (χ4v) is 2.04. The SMILES string of the molecule is CCC(C)C(C)(C(=O)NCO)C(C)CC. The quantitative estimate of drug-likeness (QED) is 0.667. The molecule has 0 aromatic carbocycles. The molecule has 0 aromatic rings. The van der Waals surface area contributed by atoms with Gasteiger partial charge in [0, 0.05) is 0 Å². The van der Waals surface area contributed by atoms with Crippen LogP contribution in [0.25, 0.3) is 0 Å². The van der Waals surface area contributed by atoms with Gasteiger partial charge in [0.2, 0.25) is 5.91 Å². The van der Waals surface area contributed by atoms with Gasteiger partial charge >= 0.3 is 0 Å². The van der Waals surface area contributed by atoms with Crippen LogP contribution in [0.2, 0.25) is 0 Å². The Balaban J connectivity index is 4.92. The molecule has 1 amide bonds. The number of carbonyl (C=O) groups excluding carboxylic acids is 1. The Morgan fingerprint density at radius 2 is 1.67 bits per heavy atom. The molecule has 2 N–H and O–H groups in total. The Hall–Kier alpha value is -0.570. The molecule has 0 saturated carbocycles. The van der Waals surface area contributed by atoms with Crippen molar-refractivity contribution < 1.29 is 9.90 Å². The van der Waals surface area contributed by atoms with E-state index in [1.54, 1.807) is 0 Å². The number of hydrogen-bond donors (Lipinski definition) is 2. The Kier molecular flexibility index (Phi) is 5.88. The zero-order chi connectivity index (χ0) is 12.1. The maximum Gasteiger partial charge on any atom is 0.228 e. The van der Waals surface area contributed by atoms with Crippen LogP contribution in [0.1, 0.15) is 47.5 Å². The van der Waals surface area contributed by atoms with Crippen molar-refractivity contribution >= 4 is 5.91 Å². The van der Waals surface area contributed by atoms with E-state index in [-0.39, 0.29) is 18.1 Å². The molecule has 0 radical (unpaired) electrons. The topological polar surface area (TPSA) is 49.3 Å². The van der Waals surface area contributed by atoms with Gasteiger partial charge in [-0.2, -0.15) is 0 Å². The second kappa shape index (κ2) is 6.11. The molecule has 3 heteroatoms. The molecule has 0 rings (SSSR count). The van der Waals surface area contributed by atoms with Crippen molar-refractivity contribution in [3.05, 3.63) is 0 Å². The highest BCUT2D eigenvalue weighted by Crippen LogP contribution is 2.39. The largest absolute Gasteiger partial charge is 0.377 e. The molecule has 0 spiro atoms. The third kappa shape index (κ3) is 2.94. The minimum absolute atomic E-state index is 0.0336. The van der Waals surface area contributed by atoms with E-state index in [1.807, 2.05) is 6.92 Å². The van der Waals surface area contributed by atoms with Crippen molar-refractivity contribution in [1.29, 1.82) is 0 Å². The Bertz CT molecular complexity index is 194. The predicted octanol–water partition coefficient (Wildman–Crippen LogP) is 2.15. The summed E-state index contributed by atoms with van der Waals surface area (Å²) in [6.45, 7) is 10.1. The molecule has 0 saturated heterocycles. The van der Waals surface area contributed by atoms with Crippen molar-refractivity contribution in [3.8, 4) is 0 Å². The molecule has 0 bridgehead atoms. The number of amides is 1. The monoisotopic (exact) mass is 215 g/mol. The first-order chi connectivity index (χ1) is 6.94. The first-order valence-corrected chi connectivity index (χ1v) is 5.84. The summed E-state index contributed by atoms with van der Waals surface area (Å²) in [7, 11) is 0. The summed E-state index contributed by atoms with van der Waals surface area (Å²) in [6.07, 6.45) is 1.94. The third-order valence-electron chi connectivity index (χ3n) is 4.00. The van der Waals surface area contributed by atoms with Crippen LogP contribution in [0.15, 0.2) is 0 Å². The Morgan fingerprint density at radius 3 is 1.93 bits per heavy atom. The van der Waals surface area contributed by atoms with Crippen LogP contribution in [-0.2, 0) is 4.79 Å². The second-order valence-electron chi connectivity index (χ2n) is 4.57. The number of rotatable bonds is 6. The third-order valence-corrected chi connectivity index (χ3v) is 4.00. The number of carbonyl (C=O) groups is 1. The van der Waals surface area contributed by atoms with Crippen molar-refractivity contribution in [2.24, 2.45) is 17.3 Å². The summed E-state index contributed by atoms with van der Waals surface area (Å²) >= 11 is 0. The van der Waals surface area contributed by atoms with Gasteiger partial charge in [-0.05, 0) is 11.8 Å². The van der Waals surface area contributed by atoms with Gasteiger partial charge in [0.1, 0.15) is 6.73 Å². The lowest BCUT2D eigenvalue weighted by Crippen LogP contribution is -2.47. The zero-order valence-electron chi connectivity index (χ0n) is 10.6. The molecule has 15 heavy (non-hydrogen) atoms. The fraction of sp³-hybridized carbons (Fsp3) is 0.917. The van der Waals surface area contributed by atoms with Gasteiger partial charge in [-0.3, -0.25) is 4.79 Å². The van der Waals surface area contributed by atoms with Gasteiger partial charge in [-0.25, -0.2) is 0 Å². The van der Waals surface area contributed by atoms with Gasteiger partial charge in [0.05, 0.1) is 5.41 Å². The van der Waals surface area contributed by atoms with E-state index in [4.69, 9.17) is 5.11 Å². The van der Waals surface area contributed by atoms with E-state index >= 15 is 0 Å². The van der Waals surface area contributed by atoms with E-state index in [2.05, 4.69) is 33.0 Å². The lowest BCUT2D eigenvalue weighted by molar-refractivity contribution is -0.137. The van der Waals surface area contributed by atoms with Crippen LogP contribution in [0.3, 0.4) is 0 Å². The van der Waals surface area contributed by atoms with E-state index in [0.717, 1.165) is 12.8 Å². The number of aliphatic hydroxyl groups is 1. The first kappa shape index (κ1) is 14.4. The van der Waals surface area contributed by atoms with E-state index in [9.17, 15) is 4.79 Å². The van der Waals surface area contributed by atoms with Gasteiger partial charge in [-0.15, -0.1) is 0 Å². The highest BCUT2D eigenvalue weighted by Gasteiger charge is 2.41. The van der Waals surface area contributed by atoms with Crippen LogP contribution < -0.4 is 5.32 Å². The van der Waals surface area contributed by atoms with Crippen molar-refractivity contribution in [3.63, 3.8) is 0 Å². The minimum atomic E-state index is -0.383. The Labute approximate surface area is 93.3 Å². The molecule has 2 atom stereocenters. The highest BCUT2D eigenvalue weighted by atomic mass is 16.3. The van der Waals surface area contributed by atoms with Crippen molar-refractivity contribution in [2.75, 3.05) is 6.73 Å². The molecule has 0 aliphatic carbocycles. The summed E-state index contributed by atoms with van der Waals surface area (Å²) in [5.41, 5.74) is -0.383. The number of hydrogen-bond acceptors (Lipinski definition) is 2. The summed E-state index contributed by atoms with van der Waals surface area (Å²) in [5, 5.41) is 11.3. The molecule has 0 heterocycles. The van der Waals surface area contributed by atoms with Gasteiger partial charge in [0.15, 0.2) is 0 Å². The van der Waals surface area contributed by atoms with Gasteiger partial charge in [-0.1, -0.05) is 47.5 Å². The average molecular weight is 215 g/mol. The van der Waals surface area contributed by atoms with Crippen molar-refractivity contribution in [1.82, 2.24) is 5.32 Å². The molecule has 2 unspecified atom stereocenters. The zero-order valence-corrected chi connectivity index (χ0v) is 10.6. The van der Waals surface area contributed by atoms with Crippen LogP contribution >= 0.6 is 0 Å². The standard InChI is InChI=1S/C12H25NO2/c1-6-9(3)12(5,10(4)7-2)11(15)13-8-14/h9-10,14H,6-8H2,1-5H3,(H,13,15). The Morgan fingerprint density at radius 1 is 1.27 bits per heavy atom. The van der Waals surface area contributed by atoms with E-state index < -0.39 is 0 Å². The van der Waals surface area contributed by atoms with Crippen LogP contribution in [0.5, 0.6) is 0 Å². The summed E-state index contributed by atoms with van der Waals surface area (Å²) in [6, 6.07) is 0. The maximum absolute atomic E-state index is 12.0. The van der Waals surface area contributed by atoms with E-state index in [1.165, 1.54) is 0 Å². The average Bonchev–Trinajstić information content (AvgIpc) is 2.25. The molecular weight excluding hydrogens is 190 g/mol. The first-order valence-electron chi connectivity index (χ1n) is 5.84. The van der Waals surface area contributed by atoms with Crippen LogP contribution in [0, 0.1) is 17.3 Å². The lowest BCUT2D eigenvalue weighted by atomic mass is 9.66. The fourth-order valence-electron chi connectivity index (χ4n) is 2.04. The molecule has 90 valence electrons. The number of nitrogens with one attached hydrogen (secondary N) is 1. The lowest BCUT2D eigenvalue weighted by Gasteiger charge is -2.38. The molecular formula is C12H25NO2. The summed E-state index contributed by atoms with van der Waals surface area (Å²) in [5.74, 6) is 0.603. The molecule has 0 aromatic heterocycles. The molecule has 0 fully saturated rings. The van der Waals surface area contributed by atoms with E-state index in [0.29, 0.717) is 11.8 Å². The minimum Gasteiger partial charge on any atom is -0.377 e. The molecule has 0 aliphatic rings.